The maximum Gasteiger partial charge on any atom is 0.307 e. The third-order valence-electron chi connectivity index (χ3n) is 2.25. The zero-order valence-electron chi connectivity index (χ0n) is 9.65. The monoisotopic (exact) mass is 259 g/mol. The maximum atomic E-state index is 11.5. The minimum atomic E-state index is -0.528. The van der Waals surface area contributed by atoms with Crippen molar-refractivity contribution in [3.63, 3.8) is 0 Å². The van der Waals surface area contributed by atoms with Gasteiger partial charge in [-0.15, -0.1) is 0 Å². The van der Waals surface area contributed by atoms with E-state index < -0.39 is 10.8 Å². The Labute approximate surface area is 107 Å². The molecule has 0 radical (unpaired) electrons. The number of hydrazone groups is 1. The van der Waals surface area contributed by atoms with Crippen molar-refractivity contribution in [1.29, 1.82) is 0 Å². The Morgan fingerprint density at radius 2 is 2.11 bits per heavy atom. The number of para-hydroxylation sites is 1. The number of amides is 1. The highest BCUT2D eigenvalue weighted by Crippen LogP contribution is 2.15. The molecule has 19 heavy (non-hydrogen) atoms. The fourth-order valence-electron chi connectivity index (χ4n) is 1.39. The molecule has 1 amide bonds. The molecule has 0 fully saturated rings. The number of hydrogen-bond donors (Lipinski definition) is 1. The second-order valence-electron chi connectivity index (χ2n) is 3.49. The zero-order chi connectivity index (χ0) is 13.7. The average molecular weight is 259 g/mol. The van der Waals surface area contributed by atoms with Crippen molar-refractivity contribution in [3.05, 3.63) is 64.1 Å². The molecule has 0 spiro atoms. The minimum absolute atomic E-state index is 0.0847. The van der Waals surface area contributed by atoms with Crippen LogP contribution in [-0.4, -0.2) is 17.0 Å². The molecule has 0 aliphatic heterocycles. The van der Waals surface area contributed by atoms with Gasteiger partial charge in [-0.25, -0.2) is 5.43 Å². The van der Waals surface area contributed by atoms with E-state index in [1.54, 1.807) is 18.2 Å². The molecule has 0 unspecified atom stereocenters. The molecule has 0 atom stereocenters. The van der Waals surface area contributed by atoms with E-state index >= 15 is 0 Å². The molecular formula is C12H9N3O4. The Balaban J connectivity index is 2.07. The van der Waals surface area contributed by atoms with Gasteiger partial charge in [-0.3, -0.25) is 14.9 Å². The van der Waals surface area contributed by atoms with Crippen LogP contribution in [0.15, 0.2) is 52.2 Å². The summed E-state index contributed by atoms with van der Waals surface area (Å²) in [5.41, 5.74) is 2.43. The average Bonchev–Trinajstić information content (AvgIpc) is 2.93. The molecule has 0 saturated heterocycles. The molecule has 0 aliphatic carbocycles. The molecule has 0 saturated carbocycles. The second kappa shape index (κ2) is 5.58. The van der Waals surface area contributed by atoms with Gasteiger partial charge in [0.15, 0.2) is 5.76 Å². The first-order valence-corrected chi connectivity index (χ1v) is 5.29. The van der Waals surface area contributed by atoms with Crippen LogP contribution < -0.4 is 5.43 Å². The topological polar surface area (TPSA) is 97.7 Å². The highest BCUT2D eigenvalue weighted by molar-refractivity contribution is 5.92. The van der Waals surface area contributed by atoms with Crippen molar-refractivity contribution >= 4 is 17.8 Å². The summed E-state index contributed by atoms with van der Waals surface area (Å²) in [5, 5.41) is 14.4. The van der Waals surface area contributed by atoms with Crippen molar-refractivity contribution in [1.82, 2.24) is 5.43 Å². The summed E-state index contributed by atoms with van der Waals surface area (Å²) in [6.45, 7) is 0. The Morgan fingerprint density at radius 3 is 2.79 bits per heavy atom. The molecule has 1 aromatic heterocycles. The molecule has 0 aliphatic rings. The number of hydrogen-bond acceptors (Lipinski definition) is 5. The smallest absolute Gasteiger partial charge is 0.307 e. The van der Waals surface area contributed by atoms with E-state index in [1.807, 2.05) is 0 Å². The first-order valence-electron chi connectivity index (χ1n) is 5.29. The quantitative estimate of drug-likeness (QED) is 0.515. The largest absolute Gasteiger partial charge is 0.459 e. The lowest BCUT2D eigenvalue weighted by molar-refractivity contribution is -0.385. The van der Waals surface area contributed by atoms with Crippen LogP contribution in [0.5, 0.6) is 0 Å². The Bertz CT molecular complexity index is 620. The lowest BCUT2D eigenvalue weighted by Crippen LogP contribution is -2.16. The zero-order valence-corrected chi connectivity index (χ0v) is 9.65. The van der Waals surface area contributed by atoms with Crippen LogP contribution in [0.25, 0.3) is 0 Å². The van der Waals surface area contributed by atoms with Crippen LogP contribution in [0.2, 0.25) is 0 Å². The summed E-state index contributed by atoms with van der Waals surface area (Å²) in [4.78, 5) is 21.7. The normalized spacial score (nSPS) is 10.5. The molecular weight excluding hydrogens is 250 g/mol. The van der Waals surface area contributed by atoms with Crippen LogP contribution >= 0.6 is 0 Å². The van der Waals surface area contributed by atoms with Crippen molar-refractivity contribution in [2.45, 2.75) is 0 Å². The van der Waals surface area contributed by atoms with Gasteiger partial charge in [0, 0.05) is 6.07 Å². The summed E-state index contributed by atoms with van der Waals surface area (Å²) in [7, 11) is 0. The third kappa shape index (κ3) is 3.03. The predicted octanol–water partition coefficient (Wildman–Crippen LogP) is 1.95. The van der Waals surface area contributed by atoms with Gasteiger partial charge in [-0.1, -0.05) is 12.1 Å². The summed E-state index contributed by atoms with van der Waals surface area (Å²) < 4.78 is 4.87. The lowest BCUT2D eigenvalue weighted by atomic mass is 10.2. The van der Waals surface area contributed by atoms with E-state index in [1.165, 1.54) is 30.7 Å². The summed E-state index contributed by atoms with van der Waals surface area (Å²) >= 11 is 0. The van der Waals surface area contributed by atoms with Gasteiger partial charge in [-0.2, -0.15) is 5.10 Å². The third-order valence-corrected chi connectivity index (χ3v) is 2.25. The van der Waals surface area contributed by atoms with Crippen LogP contribution in [0.4, 0.5) is 5.69 Å². The van der Waals surface area contributed by atoms with E-state index in [2.05, 4.69) is 10.5 Å². The number of benzene rings is 1. The SMILES string of the molecule is O=C(N/N=C/c1ccccc1[N+](=O)[O-])c1ccco1. The van der Waals surface area contributed by atoms with Crippen LogP contribution in [0.1, 0.15) is 16.1 Å². The van der Waals surface area contributed by atoms with E-state index in [9.17, 15) is 14.9 Å². The van der Waals surface area contributed by atoms with Crippen molar-refractivity contribution in [2.75, 3.05) is 0 Å². The van der Waals surface area contributed by atoms with Gasteiger partial charge in [0.25, 0.3) is 5.69 Å². The molecule has 96 valence electrons. The van der Waals surface area contributed by atoms with Crippen molar-refractivity contribution in [3.8, 4) is 0 Å². The Kier molecular flexibility index (Phi) is 3.67. The molecule has 2 aromatic rings. The van der Waals surface area contributed by atoms with Gasteiger partial charge >= 0.3 is 5.91 Å². The van der Waals surface area contributed by atoms with Crippen LogP contribution in [0, 0.1) is 10.1 Å². The fourth-order valence-corrected chi connectivity index (χ4v) is 1.39. The molecule has 7 heteroatoms. The van der Waals surface area contributed by atoms with E-state index in [0.717, 1.165) is 0 Å². The van der Waals surface area contributed by atoms with E-state index in [-0.39, 0.29) is 11.4 Å². The number of furan rings is 1. The Hall–Kier alpha value is -2.96. The summed E-state index contributed by atoms with van der Waals surface area (Å²) in [6.07, 6.45) is 2.57. The highest BCUT2D eigenvalue weighted by atomic mass is 16.6. The number of carbonyl (C=O) groups is 1. The molecule has 0 bridgehead atoms. The first-order chi connectivity index (χ1) is 9.18. The van der Waals surface area contributed by atoms with Gasteiger partial charge in [0.1, 0.15) is 0 Å². The first kappa shape index (κ1) is 12.5. The number of nitrogens with one attached hydrogen (secondary N) is 1. The Morgan fingerprint density at radius 1 is 1.32 bits per heavy atom. The van der Waals surface area contributed by atoms with Crippen molar-refractivity contribution in [2.24, 2.45) is 5.10 Å². The molecule has 1 aromatic carbocycles. The lowest BCUT2D eigenvalue weighted by Gasteiger charge is -1.97. The van der Waals surface area contributed by atoms with E-state index in [4.69, 9.17) is 4.42 Å². The van der Waals surface area contributed by atoms with Gasteiger partial charge in [0.2, 0.25) is 0 Å². The number of nitro benzene ring substituents is 1. The van der Waals surface area contributed by atoms with Crippen LogP contribution in [-0.2, 0) is 0 Å². The number of nitrogens with zero attached hydrogens (tertiary/aromatic N) is 2. The summed E-state index contributed by atoms with van der Waals surface area (Å²) in [5.74, 6) is -0.417. The van der Waals surface area contributed by atoms with Crippen molar-refractivity contribution < 1.29 is 14.1 Å². The fraction of sp³-hybridized carbons (Fsp3) is 0. The maximum absolute atomic E-state index is 11.5. The van der Waals surface area contributed by atoms with E-state index in [0.29, 0.717) is 5.56 Å². The predicted molar refractivity (Wildman–Crippen MR) is 66.9 cm³/mol. The minimum Gasteiger partial charge on any atom is -0.459 e. The number of carbonyl (C=O) groups excluding carboxylic acids is 1. The highest BCUT2D eigenvalue weighted by Gasteiger charge is 2.10. The standard InChI is InChI=1S/C12H9N3O4/c16-12(11-6-3-7-19-11)14-13-8-9-4-1-2-5-10(9)15(17)18/h1-8H,(H,14,16)/b13-8+. The second-order valence-corrected chi connectivity index (χ2v) is 3.49. The molecule has 2 rings (SSSR count). The molecule has 7 nitrogen and oxygen atoms in total. The number of nitro groups is 1. The number of rotatable bonds is 4. The summed E-state index contributed by atoms with van der Waals surface area (Å²) in [6, 6.07) is 9.13. The van der Waals surface area contributed by atoms with Gasteiger partial charge in [0.05, 0.1) is 23.0 Å². The molecule has 1 heterocycles. The van der Waals surface area contributed by atoms with Gasteiger partial charge in [-0.05, 0) is 18.2 Å². The van der Waals surface area contributed by atoms with Gasteiger partial charge < -0.3 is 4.42 Å². The van der Waals surface area contributed by atoms with Crippen LogP contribution in [0.3, 0.4) is 0 Å². The molecule has 1 N–H and O–H groups in total.